The van der Waals surface area contributed by atoms with Gasteiger partial charge < -0.3 is 20.3 Å². The second-order valence-electron chi connectivity index (χ2n) is 11.0. The van der Waals surface area contributed by atoms with Gasteiger partial charge in [-0.05, 0) is 44.4 Å². The van der Waals surface area contributed by atoms with E-state index in [1.54, 1.807) is 26.1 Å². The highest BCUT2D eigenvalue weighted by Gasteiger charge is 2.66. The summed E-state index contributed by atoms with van der Waals surface area (Å²) in [6.45, 7) is 3.22. The van der Waals surface area contributed by atoms with Gasteiger partial charge in [0.2, 0.25) is 6.10 Å². The molecule has 1 aliphatic carbocycles. The number of quaternary nitrogens is 1. The van der Waals surface area contributed by atoms with Gasteiger partial charge in [-0.15, -0.1) is 0 Å². The Hall–Kier alpha value is -3.76. The number of nitrogens with zero attached hydrogens (tertiary/aromatic N) is 2. The number of nitrogens with one attached hydrogen (secondary N) is 1. The highest BCUT2D eigenvalue weighted by molar-refractivity contribution is 6.00. The average molecular weight is 537 g/mol. The molecule has 0 aromatic heterocycles. The first kappa shape index (κ1) is 26.8. The fraction of sp³-hybridized carbons (Fsp3) is 0.448. The van der Waals surface area contributed by atoms with Crippen molar-refractivity contribution in [2.75, 3.05) is 7.05 Å². The maximum Gasteiger partial charge on any atom is 0.379 e. The zero-order chi connectivity index (χ0) is 28.1. The van der Waals surface area contributed by atoms with E-state index in [4.69, 9.17) is 4.74 Å². The minimum Gasteiger partial charge on any atom is -0.507 e. The predicted molar refractivity (Wildman–Crippen MR) is 139 cm³/mol. The van der Waals surface area contributed by atoms with Crippen LogP contribution in [0, 0.1) is 11.8 Å². The quantitative estimate of drug-likeness (QED) is 0.390. The predicted octanol–water partition coefficient (Wildman–Crippen LogP) is 1.55. The summed E-state index contributed by atoms with van der Waals surface area (Å²) in [5.41, 5.74) is 0.804. The number of benzene rings is 2. The van der Waals surface area contributed by atoms with Crippen LogP contribution in [-0.2, 0) is 25.5 Å². The van der Waals surface area contributed by atoms with Gasteiger partial charge in [0.05, 0.1) is 24.6 Å². The molecule has 2 aliphatic heterocycles. The number of para-hydroxylation sites is 1. The maximum atomic E-state index is 14.3. The lowest BCUT2D eigenvalue weighted by Gasteiger charge is -2.43. The van der Waals surface area contributed by atoms with Crippen molar-refractivity contribution in [3.63, 3.8) is 0 Å². The number of carbonyl (C=O) groups is 4. The van der Waals surface area contributed by atoms with Crippen LogP contribution in [0.2, 0.25) is 0 Å². The number of esters is 1. The van der Waals surface area contributed by atoms with Crippen molar-refractivity contribution < 1.29 is 38.7 Å². The number of carbonyl (C=O) groups excluding carboxylic acids is 4. The van der Waals surface area contributed by atoms with Crippen molar-refractivity contribution in [3.05, 3.63) is 65.7 Å². The van der Waals surface area contributed by atoms with Crippen molar-refractivity contribution in [2.24, 2.45) is 11.8 Å². The van der Waals surface area contributed by atoms with Gasteiger partial charge in [-0.25, -0.2) is 4.79 Å². The van der Waals surface area contributed by atoms with Crippen LogP contribution in [0.25, 0.3) is 0 Å². The third-order valence-electron chi connectivity index (χ3n) is 8.51. The number of phenolic OH excluding ortho intramolecular Hbond substituents is 1. The molecule has 2 heterocycles. The Kier molecular flexibility index (Phi) is 6.94. The number of amides is 3. The normalized spacial score (nSPS) is 33.0. The Bertz CT molecular complexity index is 1300. The first-order valence-electron chi connectivity index (χ1n) is 13.3. The number of hydrogen-bond acceptors (Lipinski definition) is 7. The molecule has 3 N–H and O–H groups in total. The summed E-state index contributed by atoms with van der Waals surface area (Å²) in [4.78, 5) is 54.7. The molecule has 206 valence electrons. The molecular formula is C29H34N3O7+. The largest absolute Gasteiger partial charge is 0.507 e. The summed E-state index contributed by atoms with van der Waals surface area (Å²) in [5.74, 6) is -3.76. The Morgan fingerprint density at radius 3 is 2.33 bits per heavy atom. The Morgan fingerprint density at radius 1 is 1.05 bits per heavy atom. The minimum absolute atomic E-state index is 0.00289. The summed E-state index contributed by atoms with van der Waals surface area (Å²) >= 11 is 0. The molecule has 10 heteroatoms. The number of fused-ring (bicyclic) bond motifs is 1. The van der Waals surface area contributed by atoms with Crippen LogP contribution in [0.4, 0.5) is 0 Å². The standard InChI is InChI=1S/C29H33N3O7/c1-16-24(34)21(15-18-9-5-4-6-10-18)31-27(36)23(30-26(35)20-11-7-8-12-22(20)33)17(2)32(31,3)28(37)25(19-13-14-19)39-29(16)38/h4-12,16-17,19,21,23-25,34H,13-15H2,1-3H3,(H-,30,33,35)/p+1. The lowest BCUT2D eigenvalue weighted by Crippen LogP contribution is -2.68. The molecule has 10 nitrogen and oxygen atoms in total. The summed E-state index contributed by atoms with van der Waals surface area (Å²) < 4.78 is 5.16. The fourth-order valence-corrected chi connectivity index (χ4v) is 5.80. The van der Waals surface area contributed by atoms with Gasteiger partial charge >= 0.3 is 11.9 Å². The SMILES string of the molecule is CC1C(=O)OC(C2CC2)C(=O)[N+]2(C)C(C)C(NC(=O)c3ccccc3O)C(=O)N2C(Cc2ccccc2)C1O. The van der Waals surface area contributed by atoms with Gasteiger partial charge in [0.15, 0.2) is 6.04 Å². The number of phenols is 1. The summed E-state index contributed by atoms with van der Waals surface area (Å²) in [7, 11) is 1.58. The van der Waals surface area contributed by atoms with Crippen molar-refractivity contribution in [2.45, 2.75) is 63.4 Å². The lowest BCUT2D eigenvalue weighted by atomic mass is 9.92. The molecule has 0 radical (unpaired) electrons. The molecular weight excluding hydrogens is 502 g/mol. The van der Waals surface area contributed by atoms with E-state index < -0.39 is 64.5 Å². The van der Waals surface area contributed by atoms with Crippen molar-refractivity contribution in [1.82, 2.24) is 10.3 Å². The zero-order valence-electron chi connectivity index (χ0n) is 22.2. The van der Waals surface area contributed by atoms with Crippen LogP contribution in [0.5, 0.6) is 5.75 Å². The van der Waals surface area contributed by atoms with E-state index in [0.29, 0.717) is 12.8 Å². The van der Waals surface area contributed by atoms with Crippen molar-refractivity contribution >= 4 is 23.7 Å². The number of aliphatic hydroxyl groups excluding tert-OH is 1. The van der Waals surface area contributed by atoms with E-state index in [1.807, 2.05) is 30.3 Å². The molecule has 7 unspecified atom stereocenters. The minimum atomic E-state index is -1.34. The number of hydrogen-bond donors (Lipinski definition) is 3. The number of aliphatic hydroxyl groups is 1. The van der Waals surface area contributed by atoms with E-state index in [1.165, 1.54) is 24.1 Å². The molecule has 5 rings (SSSR count). The number of likely N-dealkylation sites (N-methyl/N-ethyl adjacent to an activating group) is 1. The van der Waals surface area contributed by atoms with Crippen LogP contribution in [0.15, 0.2) is 54.6 Å². The van der Waals surface area contributed by atoms with E-state index in [-0.39, 0.29) is 23.7 Å². The highest BCUT2D eigenvalue weighted by atomic mass is 16.6. The van der Waals surface area contributed by atoms with Gasteiger partial charge in [0, 0.05) is 12.3 Å². The molecule has 3 fully saturated rings. The third-order valence-corrected chi connectivity index (χ3v) is 8.51. The molecule has 0 bridgehead atoms. The average Bonchev–Trinajstić information content (AvgIpc) is 3.75. The molecule has 2 saturated heterocycles. The monoisotopic (exact) mass is 536 g/mol. The number of aromatic hydroxyl groups is 1. The summed E-state index contributed by atoms with van der Waals surface area (Å²) in [5, 5.41) is 25.8. The van der Waals surface area contributed by atoms with Gasteiger partial charge in [-0.1, -0.05) is 42.5 Å². The number of cyclic esters (lactones) is 1. The van der Waals surface area contributed by atoms with E-state index in [2.05, 4.69) is 5.32 Å². The molecule has 3 aliphatic rings. The van der Waals surface area contributed by atoms with Crippen molar-refractivity contribution in [3.8, 4) is 5.75 Å². The van der Waals surface area contributed by atoms with E-state index in [0.717, 1.165) is 5.56 Å². The number of rotatable bonds is 5. The van der Waals surface area contributed by atoms with Gasteiger partial charge in [-0.2, -0.15) is 9.60 Å². The Labute approximate surface area is 226 Å². The lowest BCUT2D eigenvalue weighted by molar-refractivity contribution is -0.954. The summed E-state index contributed by atoms with van der Waals surface area (Å²) in [6, 6.07) is 12.3. The first-order chi connectivity index (χ1) is 18.6. The number of ether oxygens (including phenoxy) is 1. The van der Waals surface area contributed by atoms with Crippen LogP contribution in [0.1, 0.15) is 42.6 Å². The second-order valence-corrected chi connectivity index (χ2v) is 11.0. The van der Waals surface area contributed by atoms with Gasteiger partial charge in [0.1, 0.15) is 17.8 Å². The van der Waals surface area contributed by atoms with Gasteiger partial charge in [0.25, 0.3) is 11.8 Å². The van der Waals surface area contributed by atoms with Crippen LogP contribution in [0.3, 0.4) is 0 Å². The molecule has 39 heavy (non-hydrogen) atoms. The van der Waals surface area contributed by atoms with Gasteiger partial charge in [-0.3, -0.25) is 14.4 Å². The van der Waals surface area contributed by atoms with Crippen LogP contribution < -0.4 is 5.32 Å². The topological polar surface area (TPSA) is 133 Å². The molecule has 3 amide bonds. The highest BCUT2D eigenvalue weighted by Crippen LogP contribution is 2.42. The van der Waals surface area contributed by atoms with Crippen molar-refractivity contribution in [1.29, 1.82) is 0 Å². The molecule has 2 aromatic rings. The van der Waals surface area contributed by atoms with Crippen LogP contribution >= 0.6 is 0 Å². The third kappa shape index (κ3) is 4.57. The molecule has 7 atom stereocenters. The Morgan fingerprint density at radius 2 is 1.69 bits per heavy atom. The maximum absolute atomic E-state index is 14.3. The smallest absolute Gasteiger partial charge is 0.379 e. The zero-order valence-corrected chi connectivity index (χ0v) is 22.2. The second kappa shape index (κ2) is 10.1. The Balaban J connectivity index is 1.60. The van der Waals surface area contributed by atoms with Crippen LogP contribution in [-0.4, -0.2) is 80.9 Å². The molecule has 2 aromatic carbocycles. The molecule has 1 saturated carbocycles. The summed E-state index contributed by atoms with van der Waals surface area (Å²) in [6.07, 6.45) is -0.816. The fourth-order valence-electron chi connectivity index (χ4n) is 5.80. The first-order valence-corrected chi connectivity index (χ1v) is 13.3. The van der Waals surface area contributed by atoms with E-state index >= 15 is 0 Å². The molecule has 0 spiro atoms. The van der Waals surface area contributed by atoms with E-state index in [9.17, 15) is 29.4 Å².